The zero-order valence-electron chi connectivity index (χ0n) is 6.14. The first-order valence-corrected chi connectivity index (χ1v) is 5.10. The van der Waals surface area contributed by atoms with Crippen LogP contribution in [0.15, 0.2) is 11.4 Å². The molecule has 2 rings (SSSR count). The van der Waals surface area contributed by atoms with E-state index in [1.807, 2.05) is 6.07 Å². The van der Waals surface area contributed by atoms with E-state index in [4.69, 9.17) is 11.6 Å². The molecular weight excluding hydrogens is 178 g/mol. The predicted octanol–water partition coefficient (Wildman–Crippen LogP) is 2.83. The second-order valence-corrected chi connectivity index (χ2v) is 4.14. The van der Waals surface area contributed by atoms with Gasteiger partial charge < -0.3 is 5.32 Å². The fourth-order valence-electron chi connectivity index (χ4n) is 1.46. The molecule has 0 amide bonds. The van der Waals surface area contributed by atoms with Crippen LogP contribution in [0.5, 0.6) is 0 Å². The Morgan fingerprint density at radius 2 is 2.55 bits per heavy atom. The van der Waals surface area contributed by atoms with E-state index in [1.165, 1.54) is 17.7 Å². The fraction of sp³-hybridized carbons (Fsp3) is 0.500. The van der Waals surface area contributed by atoms with Crippen LogP contribution in [0.1, 0.15) is 23.8 Å². The largest absolute Gasteiger partial charge is 0.309 e. The molecule has 1 fully saturated rings. The minimum absolute atomic E-state index is 0.530. The SMILES string of the molecule is Clc1ccsc1[C@@H]1CCCN1. The molecule has 60 valence electrons. The maximum Gasteiger partial charge on any atom is 0.0561 e. The Kier molecular flexibility index (Phi) is 2.16. The van der Waals surface area contributed by atoms with Crippen molar-refractivity contribution >= 4 is 22.9 Å². The van der Waals surface area contributed by atoms with E-state index in [0.717, 1.165) is 11.6 Å². The number of halogens is 1. The molecular formula is C8H10ClNS. The van der Waals surface area contributed by atoms with Crippen LogP contribution in [0.2, 0.25) is 5.02 Å². The summed E-state index contributed by atoms with van der Waals surface area (Å²) in [5, 5.41) is 6.40. The highest BCUT2D eigenvalue weighted by Crippen LogP contribution is 2.33. The van der Waals surface area contributed by atoms with Crippen LogP contribution in [0, 0.1) is 0 Å². The van der Waals surface area contributed by atoms with Crippen molar-refractivity contribution in [3.05, 3.63) is 21.3 Å². The van der Waals surface area contributed by atoms with Crippen LogP contribution in [-0.2, 0) is 0 Å². The molecule has 1 aliphatic heterocycles. The van der Waals surface area contributed by atoms with Crippen molar-refractivity contribution in [2.45, 2.75) is 18.9 Å². The van der Waals surface area contributed by atoms with Gasteiger partial charge in [0.25, 0.3) is 0 Å². The molecule has 0 aromatic carbocycles. The summed E-state index contributed by atoms with van der Waals surface area (Å²) in [6, 6.07) is 2.50. The number of hydrogen-bond acceptors (Lipinski definition) is 2. The zero-order valence-corrected chi connectivity index (χ0v) is 7.71. The Labute approximate surface area is 75.4 Å². The van der Waals surface area contributed by atoms with E-state index in [9.17, 15) is 0 Å². The molecule has 2 heterocycles. The van der Waals surface area contributed by atoms with Crippen molar-refractivity contribution in [2.24, 2.45) is 0 Å². The molecule has 1 aromatic rings. The minimum atomic E-state index is 0.530. The molecule has 0 unspecified atom stereocenters. The summed E-state index contributed by atoms with van der Waals surface area (Å²) < 4.78 is 0. The summed E-state index contributed by atoms with van der Waals surface area (Å²) >= 11 is 7.74. The third-order valence-electron chi connectivity index (χ3n) is 2.02. The molecule has 11 heavy (non-hydrogen) atoms. The van der Waals surface area contributed by atoms with Gasteiger partial charge in [-0.3, -0.25) is 0 Å². The minimum Gasteiger partial charge on any atom is -0.309 e. The second-order valence-electron chi connectivity index (χ2n) is 2.78. The molecule has 3 heteroatoms. The van der Waals surface area contributed by atoms with Gasteiger partial charge in [-0.1, -0.05) is 11.6 Å². The van der Waals surface area contributed by atoms with Gasteiger partial charge >= 0.3 is 0 Å². The Morgan fingerprint density at radius 3 is 3.09 bits per heavy atom. The summed E-state index contributed by atoms with van der Waals surface area (Å²) in [6.07, 6.45) is 2.51. The second kappa shape index (κ2) is 3.13. The van der Waals surface area contributed by atoms with Gasteiger partial charge in [-0.25, -0.2) is 0 Å². The molecule has 1 aromatic heterocycles. The predicted molar refractivity (Wildman–Crippen MR) is 49.3 cm³/mol. The lowest BCUT2D eigenvalue weighted by Crippen LogP contribution is -2.11. The van der Waals surface area contributed by atoms with E-state index in [0.29, 0.717) is 6.04 Å². The standard InChI is InChI=1S/C8H10ClNS/c9-6-3-5-11-8(6)7-2-1-4-10-7/h3,5,7,10H,1-2,4H2/t7-/m0/s1. The van der Waals surface area contributed by atoms with Gasteiger partial charge in [0.1, 0.15) is 0 Å². The quantitative estimate of drug-likeness (QED) is 0.713. The molecule has 1 N–H and O–H groups in total. The van der Waals surface area contributed by atoms with Gasteiger partial charge in [-0.05, 0) is 30.8 Å². The van der Waals surface area contributed by atoms with Crippen LogP contribution >= 0.6 is 22.9 Å². The van der Waals surface area contributed by atoms with Crippen molar-refractivity contribution in [3.8, 4) is 0 Å². The van der Waals surface area contributed by atoms with Crippen molar-refractivity contribution in [3.63, 3.8) is 0 Å². The highest BCUT2D eigenvalue weighted by atomic mass is 35.5. The first kappa shape index (κ1) is 7.59. The van der Waals surface area contributed by atoms with E-state index in [1.54, 1.807) is 11.3 Å². The molecule has 1 saturated heterocycles. The highest BCUT2D eigenvalue weighted by molar-refractivity contribution is 7.10. The number of hydrogen-bond donors (Lipinski definition) is 1. The van der Waals surface area contributed by atoms with Crippen LogP contribution in [0.25, 0.3) is 0 Å². The molecule has 1 atom stereocenters. The van der Waals surface area contributed by atoms with Gasteiger partial charge in [0.2, 0.25) is 0 Å². The normalized spacial score (nSPS) is 24.3. The monoisotopic (exact) mass is 187 g/mol. The van der Waals surface area contributed by atoms with E-state index < -0.39 is 0 Å². The lowest BCUT2D eigenvalue weighted by Gasteiger charge is -2.06. The third-order valence-corrected chi connectivity index (χ3v) is 3.49. The highest BCUT2D eigenvalue weighted by Gasteiger charge is 2.19. The van der Waals surface area contributed by atoms with Gasteiger partial charge in [0.15, 0.2) is 0 Å². The Morgan fingerprint density at radius 1 is 1.64 bits per heavy atom. The maximum absolute atomic E-state index is 5.99. The number of nitrogens with one attached hydrogen (secondary N) is 1. The van der Waals surface area contributed by atoms with Crippen LogP contribution < -0.4 is 5.32 Å². The molecule has 0 bridgehead atoms. The molecule has 0 radical (unpaired) electrons. The van der Waals surface area contributed by atoms with E-state index >= 15 is 0 Å². The molecule has 1 aliphatic rings. The summed E-state index contributed by atoms with van der Waals surface area (Å²) in [6.45, 7) is 1.14. The number of thiophene rings is 1. The number of rotatable bonds is 1. The summed E-state index contributed by atoms with van der Waals surface area (Å²) in [5.41, 5.74) is 0. The van der Waals surface area contributed by atoms with Gasteiger partial charge in [-0.15, -0.1) is 11.3 Å². The van der Waals surface area contributed by atoms with Crippen molar-refractivity contribution in [1.29, 1.82) is 0 Å². The van der Waals surface area contributed by atoms with Crippen LogP contribution in [0.4, 0.5) is 0 Å². The maximum atomic E-state index is 5.99. The molecule has 0 saturated carbocycles. The summed E-state index contributed by atoms with van der Waals surface area (Å²) in [5.74, 6) is 0. The van der Waals surface area contributed by atoms with E-state index in [2.05, 4.69) is 10.7 Å². The van der Waals surface area contributed by atoms with Gasteiger partial charge in [-0.2, -0.15) is 0 Å². The molecule has 0 spiro atoms. The van der Waals surface area contributed by atoms with Crippen LogP contribution in [0.3, 0.4) is 0 Å². The van der Waals surface area contributed by atoms with E-state index in [-0.39, 0.29) is 0 Å². The molecule has 1 nitrogen and oxygen atoms in total. The van der Waals surface area contributed by atoms with Crippen molar-refractivity contribution in [1.82, 2.24) is 5.32 Å². The lowest BCUT2D eigenvalue weighted by atomic mass is 10.2. The Balaban J connectivity index is 2.21. The van der Waals surface area contributed by atoms with Gasteiger partial charge in [0, 0.05) is 10.9 Å². The summed E-state index contributed by atoms with van der Waals surface area (Å²) in [4.78, 5) is 1.31. The third kappa shape index (κ3) is 1.43. The van der Waals surface area contributed by atoms with Gasteiger partial charge in [0.05, 0.1) is 5.02 Å². The molecule has 0 aliphatic carbocycles. The first-order valence-electron chi connectivity index (χ1n) is 3.84. The first-order chi connectivity index (χ1) is 5.38. The topological polar surface area (TPSA) is 12.0 Å². The Hall–Kier alpha value is -0.0500. The average molecular weight is 188 g/mol. The van der Waals surface area contributed by atoms with Crippen molar-refractivity contribution < 1.29 is 0 Å². The fourth-order valence-corrected chi connectivity index (χ4v) is 2.76. The zero-order chi connectivity index (χ0) is 7.68. The van der Waals surface area contributed by atoms with Crippen molar-refractivity contribution in [2.75, 3.05) is 6.54 Å². The summed E-state index contributed by atoms with van der Waals surface area (Å²) in [7, 11) is 0. The van der Waals surface area contributed by atoms with Crippen LogP contribution in [-0.4, -0.2) is 6.54 Å². The Bertz CT molecular complexity index is 240. The lowest BCUT2D eigenvalue weighted by molar-refractivity contribution is 0.660. The smallest absolute Gasteiger partial charge is 0.0561 e. The average Bonchev–Trinajstić information content (AvgIpc) is 2.55.